The van der Waals surface area contributed by atoms with Gasteiger partial charge in [-0.3, -0.25) is 4.90 Å². The Morgan fingerprint density at radius 1 is 1.32 bits per heavy atom. The molecule has 2 aliphatic heterocycles. The maximum Gasteiger partial charge on any atom is 0.408 e. The third kappa shape index (κ3) is 4.35. The summed E-state index contributed by atoms with van der Waals surface area (Å²) < 4.78 is 10.8. The number of alkyl carbamates (subject to hydrolysis) is 1. The number of carbonyl (C=O) groups is 1. The van der Waals surface area contributed by atoms with E-state index < -0.39 is 5.60 Å². The SMILES string of the molecule is CC(C)(C)OC(=O)N[C@@H]1COCC[C@H]1N1CCCC1. The molecule has 0 aliphatic carbocycles. The molecular weight excluding hydrogens is 244 g/mol. The van der Waals surface area contributed by atoms with E-state index >= 15 is 0 Å². The molecule has 0 aromatic rings. The summed E-state index contributed by atoms with van der Waals surface area (Å²) in [4.78, 5) is 14.4. The third-order valence-electron chi connectivity index (χ3n) is 3.63. The van der Waals surface area contributed by atoms with Crippen LogP contribution in [0.5, 0.6) is 0 Å². The van der Waals surface area contributed by atoms with E-state index in [9.17, 15) is 4.79 Å². The maximum absolute atomic E-state index is 11.9. The average molecular weight is 270 g/mol. The number of ether oxygens (including phenoxy) is 2. The van der Waals surface area contributed by atoms with Crippen LogP contribution in [-0.4, -0.2) is 55.0 Å². The molecule has 0 spiro atoms. The summed E-state index contributed by atoms with van der Waals surface area (Å²) in [5, 5.41) is 2.97. The Balaban J connectivity index is 1.90. The molecular formula is C14H26N2O3. The Morgan fingerprint density at radius 3 is 2.63 bits per heavy atom. The van der Waals surface area contributed by atoms with Gasteiger partial charge in [0, 0.05) is 12.6 Å². The van der Waals surface area contributed by atoms with Gasteiger partial charge in [-0.2, -0.15) is 0 Å². The minimum atomic E-state index is -0.456. The molecule has 2 aliphatic rings. The van der Waals surface area contributed by atoms with Crippen LogP contribution in [0.25, 0.3) is 0 Å². The van der Waals surface area contributed by atoms with Gasteiger partial charge in [-0.15, -0.1) is 0 Å². The maximum atomic E-state index is 11.9. The number of hydrogen-bond acceptors (Lipinski definition) is 4. The number of amides is 1. The van der Waals surface area contributed by atoms with Crippen molar-refractivity contribution in [1.29, 1.82) is 0 Å². The minimum Gasteiger partial charge on any atom is -0.444 e. The van der Waals surface area contributed by atoms with Gasteiger partial charge in [-0.05, 0) is 53.1 Å². The lowest BCUT2D eigenvalue weighted by Gasteiger charge is -2.38. The molecule has 2 rings (SSSR count). The monoisotopic (exact) mass is 270 g/mol. The van der Waals surface area contributed by atoms with Gasteiger partial charge in [0.1, 0.15) is 5.60 Å². The molecule has 1 N–H and O–H groups in total. The number of nitrogens with zero attached hydrogens (tertiary/aromatic N) is 1. The number of nitrogens with one attached hydrogen (secondary N) is 1. The van der Waals surface area contributed by atoms with Crippen LogP contribution in [0.2, 0.25) is 0 Å². The normalized spacial score (nSPS) is 29.2. The van der Waals surface area contributed by atoms with Crippen molar-refractivity contribution in [2.45, 2.75) is 57.7 Å². The van der Waals surface area contributed by atoms with E-state index in [1.54, 1.807) is 0 Å². The molecule has 110 valence electrons. The molecule has 0 radical (unpaired) electrons. The van der Waals surface area contributed by atoms with Crippen LogP contribution in [0, 0.1) is 0 Å². The average Bonchev–Trinajstić information content (AvgIpc) is 2.80. The van der Waals surface area contributed by atoms with Gasteiger partial charge in [-0.25, -0.2) is 4.79 Å². The van der Waals surface area contributed by atoms with Crippen molar-refractivity contribution in [3.63, 3.8) is 0 Å². The van der Waals surface area contributed by atoms with E-state index in [0.717, 1.165) is 26.1 Å². The second-order valence-corrected chi connectivity index (χ2v) is 6.43. The van der Waals surface area contributed by atoms with Crippen molar-refractivity contribution >= 4 is 6.09 Å². The highest BCUT2D eigenvalue weighted by molar-refractivity contribution is 5.68. The van der Waals surface area contributed by atoms with Crippen LogP contribution in [0.1, 0.15) is 40.0 Å². The largest absolute Gasteiger partial charge is 0.444 e. The second kappa shape index (κ2) is 6.09. The van der Waals surface area contributed by atoms with Gasteiger partial charge >= 0.3 is 6.09 Å². The summed E-state index contributed by atoms with van der Waals surface area (Å²) in [5.41, 5.74) is -0.456. The molecule has 1 amide bonds. The zero-order chi connectivity index (χ0) is 13.9. The van der Waals surface area contributed by atoms with Crippen molar-refractivity contribution in [1.82, 2.24) is 10.2 Å². The first-order valence-corrected chi connectivity index (χ1v) is 7.27. The zero-order valence-corrected chi connectivity index (χ0v) is 12.3. The molecule has 19 heavy (non-hydrogen) atoms. The van der Waals surface area contributed by atoms with E-state index in [-0.39, 0.29) is 12.1 Å². The number of rotatable bonds is 2. The fraction of sp³-hybridized carbons (Fsp3) is 0.929. The van der Waals surface area contributed by atoms with Gasteiger partial charge in [-0.1, -0.05) is 0 Å². The molecule has 0 bridgehead atoms. The van der Waals surface area contributed by atoms with Crippen LogP contribution in [0.4, 0.5) is 4.79 Å². The van der Waals surface area contributed by atoms with Crippen LogP contribution < -0.4 is 5.32 Å². The van der Waals surface area contributed by atoms with Crippen LogP contribution in [-0.2, 0) is 9.47 Å². The van der Waals surface area contributed by atoms with Crippen molar-refractivity contribution in [3.8, 4) is 0 Å². The molecule has 5 nitrogen and oxygen atoms in total. The number of carbonyl (C=O) groups excluding carboxylic acids is 1. The Bertz CT molecular complexity index is 308. The van der Waals surface area contributed by atoms with Gasteiger partial charge < -0.3 is 14.8 Å². The number of hydrogen-bond donors (Lipinski definition) is 1. The predicted molar refractivity (Wildman–Crippen MR) is 73.2 cm³/mol. The first kappa shape index (κ1) is 14.6. The Hall–Kier alpha value is -0.810. The molecule has 2 saturated heterocycles. The molecule has 0 aromatic heterocycles. The van der Waals surface area contributed by atoms with Crippen molar-refractivity contribution < 1.29 is 14.3 Å². The van der Waals surface area contributed by atoms with E-state index in [0.29, 0.717) is 12.6 Å². The summed E-state index contributed by atoms with van der Waals surface area (Å²) >= 11 is 0. The quantitative estimate of drug-likeness (QED) is 0.831. The Kier molecular flexibility index (Phi) is 4.68. The molecule has 0 saturated carbocycles. The Morgan fingerprint density at radius 2 is 2.00 bits per heavy atom. The first-order chi connectivity index (χ1) is 8.96. The Labute approximate surface area is 115 Å². The zero-order valence-electron chi connectivity index (χ0n) is 12.3. The fourth-order valence-electron chi connectivity index (χ4n) is 2.83. The van der Waals surface area contributed by atoms with E-state index in [2.05, 4.69) is 10.2 Å². The van der Waals surface area contributed by atoms with E-state index in [1.807, 2.05) is 20.8 Å². The summed E-state index contributed by atoms with van der Waals surface area (Å²) in [6.07, 6.45) is 3.17. The van der Waals surface area contributed by atoms with Crippen molar-refractivity contribution in [3.05, 3.63) is 0 Å². The van der Waals surface area contributed by atoms with Crippen molar-refractivity contribution in [2.75, 3.05) is 26.3 Å². The molecule has 0 aromatic carbocycles. The highest BCUT2D eigenvalue weighted by Crippen LogP contribution is 2.20. The summed E-state index contributed by atoms with van der Waals surface area (Å²) in [7, 11) is 0. The standard InChI is InChI=1S/C14H26N2O3/c1-14(2,3)19-13(17)15-11-10-18-9-6-12(11)16-7-4-5-8-16/h11-12H,4-10H2,1-3H3,(H,15,17)/t11-,12-/m1/s1. The molecule has 2 fully saturated rings. The van der Waals surface area contributed by atoms with Crippen LogP contribution in [0.15, 0.2) is 0 Å². The molecule has 2 heterocycles. The predicted octanol–water partition coefficient (Wildman–Crippen LogP) is 1.76. The van der Waals surface area contributed by atoms with Gasteiger partial charge in [0.05, 0.1) is 12.6 Å². The molecule has 0 unspecified atom stereocenters. The van der Waals surface area contributed by atoms with E-state index in [4.69, 9.17) is 9.47 Å². The number of likely N-dealkylation sites (tertiary alicyclic amines) is 1. The van der Waals surface area contributed by atoms with E-state index in [1.165, 1.54) is 12.8 Å². The topological polar surface area (TPSA) is 50.8 Å². The highest BCUT2D eigenvalue weighted by Gasteiger charge is 2.33. The van der Waals surface area contributed by atoms with Crippen molar-refractivity contribution in [2.24, 2.45) is 0 Å². The molecule has 2 atom stereocenters. The van der Waals surface area contributed by atoms with Gasteiger partial charge in [0.2, 0.25) is 0 Å². The second-order valence-electron chi connectivity index (χ2n) is 6.43. The van der Waals surface area contributed by atoms with Crippen LogP contribution >= 0.6 is 0 Å². The highest BCUT2D eigenvalue weighted by atomic mass is 16.6. The first-order valence-electron chi connectivity index (χ1n) is 7.27. The smallest absolute Gasteiger partial charge is 0.408 e. The van der Waals surface area contributed by atoms with Gasteiger partial charge in [0.25, 0.3) is 0 Å². The fourth-order valence-corrected chi connectivity index (χ4v) is 2.83. The van der Waals surface area contributed by atoms with Gasteiger partial charge in [0.15, 0.2) is 0 Å². The summed E-state index contributed by atoms with van der Waals surface area (Å²) in [5.74, 6) is 0. The lowest BCUT2D eigenvalue weighted by atomic mass is 10.0. The lowest BCUT2D eigenvalue weighted by molar-refractivity contribution is 0.00255. The lowest BCUT2D eigenvalue weighted by Crippen LogP contribution is -2.56. The molecule has 5 heteroatoms. The summed E-state index contributed by atoms with van der Waals surface area (Å²) in [6.45, 7) is 9.27. The summed E-state index contributed by atoms with van der Waals surface area (Å²) in [6, 6.07) is 0.436. The van der Waals surface area contributed by atoms with Crippen LogP contribution in [0.3, 0.4) is 0 Å². The minimum absolute atomic E-state index is 0.0432. The third-order valence-corrected chi connectivity index (χ3v) is 3.63.